The van der Waals surface area contributed by atoms with Crippen LogP contribution in [0, 0.1) is 13.8 Å². The fourth-order valence-electron chi connectivity index (χ4n) is 2.84. The summed E-state index contributed by atoms with van der Waals surface area (Å²) >= 11 is 0. The Hall–Kier alpha value is -3.22. The molecule has 0 bridgehead atoms. The van der Waals surface area contributed by atoms with Crippen LogP contribution in [0.4, 0.5) is 22.7 Å². The van der Waals surface area contributed by atoms with Gasteiger partial charge in [-0.25, -0.2) is 0 Å². The predicted molar refractivity (Wildman–Crippen MR) is 102 cm³/mol. The molecular formula is C19H22N4O3. The van der Waals surface area contributed by atoms with E-state index in [4.69, 9.17) is 16.2 Å². The molecule has 26 heavy (non-hydrogen) atoms. The van der Waals surface area contributed by atoms with Crippen LogP contribution in [0.2, 0.25) is 0 Å². The number of anilines is 2. The van der Waals surface area contributed by atoms with Gasteiger partial charge >= 0.3 is 0 Å². The van der Waals surface area contributed by atoms with Gasteiger partial charge in [0.15, 0.2) is 11.6 Å². The highest BCUT2D eigenvalue weighted by molar-refractivity contribution is 6.01. The number of Topliss-reactive ketones (excluding diaryl/α,β-unsaturated/α-hetero) is 2. The van der Waals surface area contributed by atoms with Crippen LogP contribution < -0.4 is 16.2 Å². The molecule has 0 spiro atoms. The maximum absolute atomic E-state index is 11.9. The Balaban J connectivity index is 2.58. The molecule has 2 aromatic rings. The fourth-order valence-corrected chi connectivity index (χ4v) is 2.84. The lowest BCUT2D eigenvalue weighted by Crippen LogP contribution is -2.03. The SMILES string of the molecule is COc1cc(N=Nc2cc(C)c(C(C)=O)c(C)c2N)c(C(C)=O)cc1N. The van der Waals surface area contributed by atoms with Gasteiger partial charge in [-0.3, -0.25) is 9.59 Å². The summed E-state index contributed by atoms with van der Waals surface area (Å²) in [6.45, 7) is 6.50. The number of methoxy groups -OCH3 is 1. The molecule has 0 saturated heterocycles. The summed E-state index contributed by atoms with van der Waals surface area (Å²) < 4.78 is 5.18. The van der Waals surface area contributed by atoms with Crippen molar-refractivity contribution in [2.24, 2.45) is 10.2 Å². The van der Waals surface area contributed by atoms with Gasteiger partial charge in [-0.1, -0.05) is 0 Å². The van der Waals surface area contributed by atoms with E-state index < -0.39 is 0 Å². The van der Waals surface area contributed by atoms with Crippen LogP contribution >= 0.6 is 0 Å². The van der Waals surface area contributed by atoms with Gasteiger partial charge in [-0.05, 0) is 51.0 Å². The van der Waals surface area contributed by atoms with E-state index in [1.54, 1.807) is 19.1 Å². The number of ether oxygens (including phenoxy) is 1. The van der Waals surface area contributed by atoms with Gasteiger partial charge in [0.05, 0.1) is 18.5 Å². The van der Waals surface area contributed by atoms with Crippen LogP contribution in [0.1, 0.15) is 45.7 Å². The molecule has 0 heterocycles. The fraction of sp³-hybridized carbons (Fsp3) is 0.263. The Kier molecular flexibility index (Phi) is 5.40. The van der Waals surface area contributed by atoms with Gasteiger partial charge in [-0.2, -0.15) is 0 Å². The van der Waals surface area contributed by atoms with E-state index in [1.807, 2.05) is 6.92 Å². The summed E-state index contributed by atoms with van der Waals surface area (Å²) in [5.74, 6) is 0.147. The number of aryl methyl sites for hydroxylation is 1. The Bertz CT molecular complexity index is 933. The van der Waals surface area contributed by atoms with Crippen molar-refractivity contribution < 1.29 is 14.3 Å². The molecule has 0 unspecified atom stereocenters. The van der Waals surface area contributed by atoms with E-state index in [9.17, 15) is 9.59 Å². The molecule has 0 aliphatic carbocycles. The Morgan fingerprint density at radius 2 is 1.58 bits per heavy atom. The molecule has 0 atom stereocenters. The van der Waals surface area contributed by atoms with Gasteiger partial charge < -0.3 is 16.2 Å². The van der Waals surface area contributed by atoms with Gasteiger partial charge in [0.2, 0.25) is 0 Å². The standard InChI is InChI=1S/C19H22N4O3/c1-9-6-16(19(21)10(2)18(9)12(4)25)23-22-15-8-17(26-5)14(20)7-13(15)11(3)24/h6-8H,20-21H2,1-5H3. The summed E-state index contributed by atoms with van der Waals surface area (Å²) in [4.78, 5) is 23.6. The lowest BCUT2D eigenvalue weighted by Gasteiger charge is -2.12. The zero-order chi connectivity index (χ0) is 19.6. The third kappa shape index (κ3) is 3.56. The molecule has 0 saturated carbocycles. The number of nitrogen functional groups attached to an aromatic ring is 2. The van der Waals surface area contributed by atoms with Crippen LogP contribution in [0.3, 0.4) is 0 Å². The van der Waals surface area contributed by atoms with Crippen molar-refractivity contribution in [2.75, 3.05) is 18.6 Å². The monoisotopic (exact) mass is 354 g/mol. The average Bonchev–Trinajstić information content (AvgIpc) is 2.56. The van der Waals surface area contributed by atoms with Crippen molar-refractivity contribution in [2.45, 2.75) is 27.7 Å². The topological polar surface area (TPSA) is 120 Å². The van der Waals surface area contributed by atoms with Gasteiger partial charge in [-0.15, -0.1) is 10.2 Å². The molecule has 4 N–H and O–H groups in total. The van der Waals surface area contributed by atoms with Gasteiger partial charge in [0.25, 0.3) is 0 Å². The second-order valence-corrected chi connectivity index (χ2v) is 6.05. The molecule has 0 aliphatic heterocycles. The van der Waals surface area contributed by atoms with Gasteiger partial charge in [0.1, 0.15) is 17.1 Å². The van der Waals surface area contributed by atoms with Crippen LogP contribution in [-0.2, 0) is 0 Å². The largest absolute Gasteiger partial charge is 0.495 e. The average molecular weight is 354 g/mol. The number of nitrogens with two attached hydrogens (primary N) is 2. The van der Waals surface area contributed by atoms with Gasteiger partial charge in [0, 0.05) is 17.2 Å². The zero-order valence-electron chi connectivity index (χ0n) is 15.5. The van der Waals surface area contributed by atoms with Crippen LogP contribution in [0.25, 0.3) is 0 Å². The minimum atomic E-state index is -0.194. The van der Waals surface area contributed by atoms with E-state index >= 15 is 0 Å². The summed E-state index contributed by atoms with van der Waals surface area (Å²) in [5.41, 5.74) is 15.8. The van der Waals surface area contributed by atoms with E-state index in [-0.39, 0.29) is 11.6 Å². The number of azo groups is 1. The van der Waals surface area contributed by atoms with Crippen molar-refractivity contribution in [3.05, 3.63) is 40.5 Å². The highest BCUT2D eigenvalue weighted by Gasteiger charge is 2.15. The molecule has 136 valence electrons. The normalized spacial score (nSPS) is 11.0. The second-order valence-electron chi connectivity index (χ2n) is 6.05. The first-order valence-corrected chi connectivity index (χ1v) is 7.98. The summed E-state index contributed by atoms with van der Waals surface area (Å²) in [7, 11) is 1.48. The Labute approximate surface area is 152 Å². The van der Waals surface area contributed by atoms with Crippen LogP contribution in [0.15, 0.2) is 28.4 Å². The number of rotatable bonds is 5. The van der Waals surface area contributed by atoms with Crippen molar-refractivity contribution in [1.29, 1.82) is 0 Å². The van der Waals surface area contributed by atoms with Crippen LogP contribution in [0.5, 0.6) is 5.75 Å². The maximum atomic E-state index is 11.9. The number of carbonyl (C=O) groups excluding carboxylic acids is 2. The van der Waals surface area contributed by atoms with E-state index in [0.717, 1.165) is 5.56 Å². The smallest absolute Gasteiger partial charge is 0.162 e. The van der Waals surface area contributed by atoms with E-state index in [0.29, 0.717) is 45.2 Å². The molecule has 0 aliphatic rings. The quantitative estimate of drug-likeness (QED) is 0.471. The van der Waals surface area contributed by atoms with Crippen molar-refractivity contribution in [1.82, 2.24) is 0 Å². The summed E-state index contributed by atoms with van der Waals surface area (Å²) in [6, 6.07) is 4.76. The van der Waals surface area contributed by atoms with E-state index in [1.165, 1.54) is 27.0 Å². The zero-order valence-corrected chi connectivity index (χ0v) is 15.5. The second kappa shape index (κ2) is 7.35. The van der Waals surface area contributed by atoms with Crippen molar-refractivity contribution in [3.8, 4) is 5.75 Å². The first-order valence-electron chi connectivity index (χ1n) is 7.98. The number of benzene rings is 2. The lowest BCUT2D eigenvalue weighted by atomic mass is 9.97. The Morgan fingerprint density at radius 1 is 0.962 bits per heavy atom. The molecule has 7 heteroatoms. The van der Waals surface area contributed by atoms with E-state index in [2.05, 4.69) is 10.2 Å². The molecule has 0 fully saturated rings. The molecule has 7 nitrogen and oxygen atoms in total. The third-order valence-corrected chi connectivity index (χ3v) is 4.15. The molecular weight excluding hydrogens is 332 g/mol. The highest BCUT2D eigenvalue weighted by Crippen LogP contribution is 2.35. The maximum Gasteiger partial charge on any atom is 0.162 e. The molecule has 2 rings (SSSR count). The Morgan fingerprint density at radius 3 is 2.12 bits per heavy atom. The van der Waals surface area contributed by atoms with Crippen molar-refractivity contribution >= 4 is 34.3 Å². The molecule has 2 aromatic carbocycles. The molecule has 0 aromatic heterocycles. The number of carbonyl (C=O) groups is 2. The highest BCUT2D eigenvalue weighted by atomic mass is 16.5. The van der Waals surface area contributed by atoms with Crippen LogP contribution in [-0.4, -0.2) is 18.7 Å². The minimum Gasteiger partial charge on any atom is -0.495 e. The summed E-state index contributed by atoms with van der Waals surface area (Å²) in [6.07, 6.45) is 0. The molecule has 0 amide bonds. The molecule has 0 radical (unpaired) electrons. The number of nitrogens with zero attached hydrogens (tertiary/aromatic N) is 2. The predicted octanol–water partition coefficient (Wildman–Crippen LogP) is 4.30. The first-order chi connectivity index (χ1) is 12.2. The lowest BCUT2D eigenvalue weighted by molar-refractivity contribution is 0.100. The number of hydrogen-bond donors (Lipinski definition) is 2. The third-order valence-electron chi connectivity index (χ3n) is 4.15. The summed E-state index contributed by atoms with van der Waals surface area (Å²) in [5, 5.41) is 8.36. The minimum absolute atomic E-state index is 0.0580. The number of ketones is 2. The number of hydrogen-bond acceptors (Lipinski definition) is 7. The van der Waals surface area contributed by atoms with Crippen molar-refractivity contribution in [3.63, 3.8) is 0 Å². The first kappa shape index (κ1) is 19.1.